The zero-order chi connectivity index (χ0) is 12.3. The zero-order valence-corrected chi connectivity index (χ0v) is 10.7. The maximum atomic E-state index is 11.0. The number of nitrogens with two attached hydrogens (primary N) is 1. The molecular weight excluding hydrogens is 224 g/mol. The molecule has 0 radical (unpaired) electrons. The van der Waals surface area contributed by atoms with Crippen LogP contribution in [0.15, 0.2) is 18.2 Å². The fourth-order valence-electron chi connectivity index (χ4n) is 1.30. The van der Waals surface area contributed by atoms with Gasteiger partial charge < -0.3 is 10.6 Å². The molecule has 4 nitrogen and oxygen atoms in total. The highest BCUT2D eigenvalue weighted by molar-refractivity contribution is 7.90. The van der Waals surface area contributed by atoms with Crippen molar-refractivity contribution in [3.8, 4) is 0 Å². The largest absolute Gasteiger partial charge is 0.398 e. The highest BCUT2D eigenvalue weighted by Gasteiger charge is 2.07. The Balaban J connectivity index is 2.73. The topological polar surface area (TPSA) is 63.4 Å². The molecule has 0 fully saturated rings. The lowest BCUT2D eigenvalue weighted by Crippen LogP contribution is -2.24. The molecule has 0 unspecified atom stereocenters. The highest BCUT2D eigenvalue weighted by atomic mass is 32.2. The second-order valence-electron chi connectivity index (χ2n) is 4.09. The van der Waals surface area contributed by atoms with Crippen LogP contribution < -0.4 is 10.6 Å². The van der Waals surface area contributed by atoms with Gasteiger partial charge >= 0.3 is 0 Å². The molecule has 0 aliphatic heterocycles. The summed E-state index contributed by atoms with van der Waals surface area (Å²) in [6.45, 7) is 2.41. The SMILES string of the molecule is Cc1ccc(N(C)CCS(C)(=O)=O)cc1N. The van der Waals surface area contributed by atoms with Gasteiger partial charge in [0.25, 0.3) is 0 Å². The van der Waals surface area contributed by atoms with Gasteiger partial charge in [0, 0.05) is 31.2 Å². The smallest absolute Gasteiger partial charge is 0.149 e. The van der Waals surface area contributed by atoms with E-state index in [1.807, 2.05) is 37.1 Å². The van der Waals surface area contributed by atoms with Gasteiger partial charge in [0.1, 0.15) is 9.84 Å². The molecule has 16 heavy (non-hydrogen) atoms. The van der Waals surface area contributed by atoms with Crippen LogP contribution in [0.5, 0.6) is 0 Å². The van der Waals surface area contributed by atoms with Crippen LogP contribution in [-0.4, -0.2) is 34.0 Å². The minimum atomic E-state index is -2.92. The summed E-state index contributed by atoms with van der Waals surface area (Å²) in [7, 11) is -1.06. The van der Waals surface area contributed by atoms with Crippen molar-refractivity contribution in [3.63, 3.8) is 0 Å². The van der Waals surface area contributed by atoms with Crippen LogP contribution in [0.1, 0.15) is 5.56 Å². The van der Waals surface area contributed by atoms with Gasteiger partial charge in [0.2, 0.25) is 0 Å². The van der Waals surface area contributed by atoms with Gasteiger partial charge in [0.05, 0.1) is 5.75 Å². The fourth-order valence-corrected chi connectivity index (χ4v) is 1.90. The van der Waals surface area contributed by atoms with E-state index < -0.39 is 9.84 Å². The molecule has 0 heterocycles. The van der Waals surface area contributed by atoms with Crippen LogP contribution in [0, 0.1) is 6.92 Å². The van der Waals surface area contributed by atoms with Crippen LogP contribution in [0.3, 0.4) is 0 Å². The van der Waals surface area contributed by atoms with Gasteiger partial charge in [0.15, 0.2) is 0 Å². The van der Waals surface area contributed by atoms with E-state index in [1.54, 1.807) is 0 Å². The van der Waals surface area contributed by atoms with Crippen LogP contribution in [0.25, 0.3) is 0 Å². The molecule has 0 aliphatic rings. The van der Waals surface area contributed by atoms with E-state index in [-0.39, 0.29) is 5.75 Å². The van der Waals surface area contributed by atoms with Gasteiger partial charge in [-0.1, -0.05) is 6.07 Å². The number of hydrogen-bond acceptors (Lipinski definition) is 4. The Morgan fingerprint density at radius 3 is 2.50 bits per heavy atom. The first-order valence-electron chi connectivity index (χ1n) is 5.04. The van der Waals surface area contributed by atoms with Gasteiger partial charge in [-0.15, -0.1) is 0 Å². The standard InChI is InChI=1S/C11H18N2O2S/c1-9-4-5-10(8-11(9)12)13(2)6-7-16(3,14)15/h4-5,8H,6-7,12H2,1-3H3. The average Bonchev–Trinajstić information content (AvgIpc) is 2.17. The van der Waals surface area contributed by atoms with Gasteiger partial charge in [-0.3, -0.25) is 0 Å². The number of nitrogen functional groups attached to an aromatic ring is 1. The Morgan fingerprint density at radius 2 is 2.00 bits per heavy atom. The number of rotatable bonds is 4. The second kappa shape index (κ2) is 4.74. The summed E-state index contributed by atoms with van der Waals surface area (Å²) in [5.41, 5.74) is 8.49. The number of anilines is 2. The molecule has 0 amide bonds. The summed E-state index contributed by atoms with van der Waals surface area (Å²) in [5, 5.41) is 0. The van der Waals surface area contributed by atoms with Crippen molar-refractivity contribution in [2.75, 3.05) is 36.2 Å². The first kappa shape index (κ1) is 12.8. The summed E-state index contributed by atoms with van der Waals surface area (Å²) in [5.74, 6) is 0.150. The van der Waals surface area contributed by atoms with Crippen molar-refractivity contribution in [2.45, 2.75) is 6.92 Å². The molecule has 90 valence electrons. The van der Waals surface area contributed by atoms with Crippen molar-refractivity contribution in [2.24, 2.45) is 0 Å². The summed E-state index contributed by atoms with van der Waals surface area (Å²) < 4.78 is 22.1. The predicted molar refractivity (Wildman–Crippen MR) is 68.6 cm³/mol. The number of sulfone groups is 1. The molecule has 5 heteroatoms. The number of nitrogens with zero attached hydrogens (tertiary/aromatic N) is 1. The maximum Gasteiger partial charge on any atom is 0.149 e. The lowest BCUT2D eigenvalue weighted by Gasteiger charge is -2.19. The molecule has 0 bridgehead atoms. The Morgan fingerprint density at radius 1 is 1.38 bits per heavy atom. The minimum absolute atomic E-state index is 0.150. The quantitative estimate of drug-likeness (QED) is 0.802. The molecule has 0 spiro atoms. The van der Waals surface area contributed by atoms with Crippen molar-refractivity contribution in [1.29, 1.82) is 0 Å². The van der Waals surface area contributed by atoms with E-state index in [1.165, 1.54) is 6.26 Å². The molecule has 0 atom stereocenters. The van der Waals surface area contributed by atoms with E-state index in [4.69, 9.17) is 5.73 Å². The summed E-state index contributed by atoms with van der Waals surface area (Å²) >= 11 is 0. The van der Waals surface area contributed by atoms with E-state index in [0.29, 0.717) is 6.54 Å². The molecule has 0 saturated heterocycles. The molecule has 1 rings (SSSR count). The second-order valence-corrected chi connectivity index (χ2v) is 6.35. The van der Waals surface area contributed by atoms with Gasteiger partial charge in [-0.2, -0.15) is 0 Å². The van der Waals surface area contributed by atoms with Crippen LogP contribution in [-0.2, 0) is 9.84 Å². The van der Waals surface area contributed by atoms with Crippen molar-refractivity contribution in [3.05, 3.63) is 23.8 Å². The van der Waals surface area contributed by atoms with Crippen LogP contribution >= 0.6 is 0 Å². The lowest BCUT2D eigenvalue weighted by atomic mass is 10.2. The number of benzene rings is 1. The zero-order valence-electron chi connectivity index (χ0n) is 9.90. The average molecular weight is 242 g/mol. The number of hydrogen-bond donors (Lipinski definition) is 1. The first-order chi connectivity index (χ1) is 7.29. The van der Waals surface area contributed by atoms with E-state index in [2.05, 4.69) is 0 Å². The molecule has 0 saturated carbocycles. The van der Waals surface area contributed by atoms with E-state index >= 15 is 0 Å². The fraction of sp³-hybridized carbons (Fsp3) is 0.455. The molecule has 1 aromatic carbocycles. The Hall–Kier alpha value is -1.23. The normalized spacial score (nSPS) is 11.4. The van der Waals surface area contributed by atoms with Crippen LogP contribution in [0.2, 0.25) is 0 Å². The maximum absolute atomic E-state index is 11.0. The third-order valence-electron chi connectivity index (χ3n) is 2.50. The third kappa shape index (κ3) is 3.73. The Bertz CT molecular complexity index is 469. The van der Waals surface area contributed by atoms with Gasteiger partial charge in [-0.05, 0) is 24.6 Å². The summed E-state index contributed by atoms with van der Waals surface area (Å²) in [4.78, 5) is 1.89. The Kier molecular flexibility index (Phi) is 3.80. The predicted octanol–water partition coefficient (Wildman–Crippen LogP) is 1.06. The molecule has 2 N–H and O–H groups in total. The van der Waals surface area contributed by atoms with Crippen molar-refractivity contribution >= 4 is 21.2 Å². The molecular formula is C11H18N2O2S. The number of aryl methyl sites for hydroxylation is 1. The summed E-state index contributed by atoms with van der Waals surface area (Å²) in [6.07, 6.45) is 1.24. The van der Waals surface area contributed by atoms with E-state index in [9.17, 15) is 8.42 Å². The van der Waals surface area contributed by atoms with Gasteiger partial charge in [-0.25, -0.2) is 8.42 Å². The molecule has 0 aromatic heterocycles. The molecule has 0 aliphatic carbocycles. The third-order valence-corrected chi connectivity index (χ3v) is 3.43. The highest BCUT2D eigenvalue weighted by Crippen LogP contribution is 2.19. The first-order valence-corrected chi connectivity index (χ1v) is 7.10. The summed E-state index contributed by atoms with van der Waals surface area (Å²) in [6, 6.07) is 5.73. The van der Waals surface area contributed by atoms with Crippen molar-refractivity contribution in [1.82, 2.24) is 0 Å². The monoisotopic (exact) mass is 242 g/mol. The molecule has 1 aromatic rings. The Labute approximate surface area is 97.0 Å². The van der Waals surface area contributed by atoms with Crippen molar-refractivity contribution < 1.29 is 8.42 Å². The lowest BCUT2D eigenvalue weighted by molar-refractivity contribution is 0.601. The minimum Gasteiger partial charge on any atom is -0.398 e. The van der Waals surface area contributed by atoms with Crippen LogP contribution in [0.4, 0.5) is 11.4 Å². The van der Waals surface area contributed by atoms with E-state index in [0.717, 1.165) is 16.9 Å².